The molecule has 0 aliphatic carbocycles. The molecule has 0 fully saturated rings. The first-order chi connectivity index (χ1) is 8.74. The number of hydrogen-bond donors (Lipinski definition) is 1. The minimum Gasteiger partial charge on any atom is -0.318 e. The number of halogens is 1. The smallest absolute Gasteiger partial charge is 0.190 e. The maximum atomic E-state index is 13.3. The highest BCUT2D eigenvalue weighted by Crippen LogP contribution is 2.29. The fourth-order valence-corrected chi connectivity index (χ4v) is 2.76. The van der Waals surface area contributed by atoms with Crippen LogP contribution in [0.25, 0.3) is 0 Å². The van der Waals surface area contributed by atoms with E-state index in [1.54, 1.807) is 17.4 Å². The molecule has 96 valence electrons. The van der Waals surface area contributed by atoms with Crippen molar-refractivity contribution in [2.75, 3.05) is 18.5 Å². The molecule has 1 N–H and O–H groups in total. The van der Waals surface area contributed by atoms with Crippen molar-refractivity contribution < 1.29 is 4.39 Å². The molecule has 1 aromatic heterocycles. The second-order valence-electron chi connectivity index (χ2n) is 3.86. The monoisotopic (exact) mass is 265 g/mol. The fourth-order valence-electron chi connectivity index (χ4n) is 1.75. The van der Waals surface area contributed by atoms with E-state index >= 15 is 0 Å². The molecule has 0 spiro atoms. The maximum absolute atomic E-state index is 13.3. The Morgan fingerprint density at radius 3 is 2.94 bits per heavy atom. The Morgan fingerprint density at radius 2 is 2.28 bits per heavy atom. The number of aromatic nitrogens is 1. The maximum Gasteiger partial charge on any atom is 0.190 e. The molecule has 1 aromatic carbocycles. The third-order valence-electron chi connectivity index (χ3n) is 2.56. The van der Waals surface area contributed by atoms with E-state index in [1.807, 2.05) is 31.1 Å². The lowest BCUT2D eigenvalue weighted by atomic mass is 10.3. The molecule has 18 heavy (non-hydrogen) atoms. The van der Waals surface area contributed by atoms with Gasteiger partial charge >= 0.3 is 0 Å². The van der Waals surface area contributed by atoms with E-state index < -0.39 is 0 Å². The van der Waals surface area contributed by atoms with Crippen LogP contribution in [-0.4, -0.2) is 18.6 Å². The second kappa shape index (κ2) is 5.93. The predicted octanol–water partition coefficient (Wildman–Crippen LogP) is 3.16. The first kappa shape index (κ1) is 13.0. The summed E-state index contributed by atoms with van der Waals surface area (Å²) in [4.78, 5) is 7.57. The van der Waals surface area contributed by atoms with Crippen LogP contribution in [0.15, 0.2) is 30.5 Å². The number of anilines is 2. The van der Waals surface area contributed by atoms with Crippen molar-refractivity contribution in [1.82, 2.24) is 10.3 Å². The molecule has 2 aromatic rings. The van der Waals surface area contributed by atoms with Gasteiger partial charge in [-0.05, 0) is 32.2 Å². The van der Waals surface area contributed by atoms with Gasteiger partial charge in [0, 0.05) is 29.9 Å². The summed E-state index contributed by atoms with van der Waals surface area (Å²) in [6.07, 6.45) is 1.86. The molecule has 0 unspecified atom stereocenters. The zero-order valence-corrected chi connectivity index (χ0v) is 11.3. The van der Waals surface area contributed by atoms with E-state index in [2.05, 4.69) is 10.3 Å². The number of thiazole rings is 1. The van der Waals surface area contributed by atoms with Crippen molar-refractivity contribution >= 4 is 22.2 Å². The van der Waals surface area contributed by atoms with Gasteiger partial charge in [0.25, 0.3) is 0 Å². The summed E-state index contributed by atoms with van der Waals surface area (Å²) >= 11 is 1.62. The van der Waals surface area contributed by atoms with E-state index in [9.17, 15) is 4.39 Å². The van der Waals surface area contributed by atoms with E-state index in [0.29, 0.717) is 0 Å². The van der Waals surface area contributed by atoms with Crippen LogP contribution < -0.4 is 10.2 Å². The zero-order valence-electron chi connectivity index (χ0n) is 10.5. The van der Waals surface area contributed by atoms with Gasteiger partial charge in [0.15, 0.2) is 5.13 Å². The highest BCUT2D eigenvalue weighted by atomic mass is 32.1. The first-order valence-electron chi connectivity index (χ1n) is 5.87. The first-order valence-corrected chi connectivity index (χ1v) is 6.68. The summed E-state index contributed by atoms with van der Waals surface area (Å²) in [5, 5.41) is 3.99. The fraction of sp³-hybridized carbons (Fsp3) is 0.308. The number of benzene rings is 1. The van der Waals surface area contributed by atoms with E-state index in [0.717, 1.165) is 23.9 Å². The van der Waals surface area contributed by atoms with Crippen LogP contribution in [0, 0.1) is 5.82 Å². The highest BCUT2D eigenvalue weighted by Gasteiger charge is 2.12. The third-order valence-corrected chi connectivity index (χ3v) is 3.58. The van der Waals surface area contributed by atoms with Crippen LogP contribution in [-0.2, 0) is 6.54 Å². The third kappa shape index (κ3) is 2.86. The standard InChI is InChI=1S/C13H16FN3S/c1-3-17(11-6-4-5-10(14)7-11)13-16-9-12(18-13)8-15-2/h4-7,9,15H,3,8H2,1-2H3. The van der Waals surface area contributed by atoms with Gasteiger partial charge in [0.2, 0.25) is 0 Å². The summed E-state index contributed by atoms with van der Waals surface area (Å²) < 4.78 is 13.3. The molecule has 0 atom stereocenters. The van der Waals surface area contributed by atoms with Crippen molar-refractivity contribution in [2.24, 2.45) is 0 Å². The van der Waals surface area contributed by atoms with E-state index in [4.69, 9.17) is 0 Å². The van der Waals surface area contributed by atoms with Gasteiger partial charge in [0.05, 0.1) is 0 Å². The van der Waals surface area contributed by atoms with Gasteiger partial charge < -0.3 is 10.2 Å². The van der Waals surface area contributed by atoms with Gasteiger partial charge in [-0.25, -0.2) is 9.37 Å². The van der Waals surface area contributed by atoms with Crippen molar-refractivity contribution in [1.29, 1.82) is 0 Å². The molecular formula is C13H16FN3S. The Labute approximate surface area is 110 Å². The van der Waals surface area contributed by atoms with Crippen LogP contribution in [0.4, 0.5) is 15.2 Å². The van der Waals surface area contributed by atoms with Gasteiger partial charge in [-0.1, -0.05) is 6.07 Å². The van der Waals surface area contributed by atoms with Crippen LogP contribution in [0.1, 0.15) is 11.8 Å². The number of nitrogens with one attached hydrogen (secondary N) is 1. The average molecular weight is 265 g/mol. The Morgan fingerprint density at radius 1 is 1.44 bits per heavy atom. The largest absolute Gasteiger partial charge is 0.318 e. The molecular weight excluding hydrogens is 249 g/mol. The van der Waals surface area contributed by atoms with E-state index in [1.165, 1.54) is 17.0 Å². The lowest BCUT2D eigenvalue weighted by Crippen LogP contribution is -2.15. The van der Waals surface area contributed by atoms with Crippen molar-refractivity contribution in [2.45, 2.75) is 13.5 Å². The van der Waals surface area contributed by atoms with Crippen LogP contribution in [0.2, 0.25) is 0 Å². The predicted molar refractivity (Wildman–Crippen MR) is 74.0 cm³/mol. The van der Waals surface area contributed by atoms with Gasteiger partial charge in [-0.3, -0.25) is 0 Å². The molecule has 1 heterocycles. The van der Waals surface area contributed by atoms with Crippen LogP contribution in [0.3, 0.4) is 0 Å². The molecule has 0 radical (unpaired) electrons. The zero-order chi connectivity index (χ0) is 13.0. The lowest BCUT2D eigenvalue weighted by Gasteiger charge is -2.19. The molecule has 5 heteroatoms. The van der Waals surface area contributed by atoms with Crippen LogP contribution >= 0.6 is 11.3 Å². The quantitative estimate of drug-likeness (QED) is 0.900. The summed E-state index contributed by atoms with van der Waals surface area (Å²) in [6.45, 7) is 3.60. The lowest BCUT2D eigenvalue weighted by molar-refractivity contribution is 0.627. The number of rotatable bonds is 5. The Balaban J connectivity index is 2.27. The molecule has 0 bridgehead atoms. The average Bonchev–Trinajstić information content (AvgIpc) is 2.79. The summed E-state index contributed by atoms with van der Waals surface area (Å²) in [5.74, 6) is -0.224. The molecule has 3 nitrogen and oxygen atoms in total. The molecule has 0 saturated heterocycles. The second-order valence-corrected chi connectivity index (χ2v) is 4.96. The SMILES string of the molecule is CCN(c1cccc(F)c1)c1ncc(CNC)s1. The van der Waals surface area contributed by atoms with Crippen molar-refractivity contribution in [3.05, 3.63) is 41.2 Å². The molecule has 0 aliphatic rings. The topological polar surface area (TPSA) is 28.2 Å². The minimum absolute atomic E-state index is 0.224. The summed E-state index contributed by atoms with van der Waals surface area (Å²) in [6, 6.07) is 6.59. The van der Waals surface area contributed by atoms with Gasteiger partial charge in [0.1, 0.15) is 5.82 Å². The van der Waals surface area contributed by atoms with Gasteiger partial charge in [-0.2, -0.15) is 0 Å². The minimum atomic E-state index is -0.224. The molecule has 0 saturated carbocycles. The number of nitrogens with zero attached hydrogens (tertiary/aromatic N) is 2. The Bertz CT molecular complexity index is 512. The van der Waals surface area contributed by atoms with Crippen LogP contribution in [0.5, 0.6) is 0 Å². The number of hydrogen-bond acceptors (Lipinski definition) is 4. The normalized spacial score (nSPS) is 10.6. The molecule has 0 amide bonds. The highest BCUT2D eigenvalue weighted by molar-refractivity contribution is 7.15. The Kier molecular flexibility index (Phi) is 4.28. The van der Waals surface area contributed by atoms with E-state index in [-0.39, 0.29) is 5.82 Å². The molecule has 2 rings (SSSR count). The summed E-state index contributed by atoms with van der Waals surface area (Å²) in [7, 11) is 1.91. The van der Waals surface area contributed by atoms with Gasteiger partial charge in [-0.15, -0.1) is 11.3 Å². The van der Waals surface area contributed by atoms with Crippen molar-refractivity contribution in [3.8, 4) is 0 Å². The summed E-state index contributed by atoms with van der Waals surface area (Å²) in [5.41, 5.74) is 0.836. The van der Waals surface area contributed by atoms with Crippen molar-refractivity contribution in [3.63, 3.8) is 0 Å². The molecule has 0 aliphatic heterocycles. The Hall–Kier alpha value is -1.46.